The highest BCUT2D eigenvalue weighted by Gasteiger charge is 2.23. The Kier molecular flexibility index (Phi) is 7.16. The maximum absolute atomic E-state index is 14.4. The molecule has 0 radical (unpaired) electrons. The topological polar surface area (TPSA) is 90.0 Å². The number of nitrogens with zero attached hydrogens (tertiary/aromatic N) is 3. The molecule has 0 amide bonds. The first-order valence-corrected chi connectivity index (χ1v) is 12.0. The molecule has 0 saturated carbocycles. The van der Waals surface area contributed by atoms with Gasteiger partial charge < -0.3 is 29.6 Å². The van der Waals surface area contributed by atoms with Gasteiger partial charge in [-0.2, -0.15) is 4.98 Å². The van der Waals surface area contributed by atoms with Crippen molar-refractivity contribution in [2.24, 2.45) is 0 Å². The highest BCUT2D eigenvalue weighted by atomic mass is 79.9. The van der Waals surface area contributed by atoms with Crippen LogP contribution in [0.25, 0.3) is 0 Å². The summed E-state index contributed by atoms with van der Waals surface area (Å²) in [7, 11) is 1.59. The lowest BCUT2D eigenvalue weighted by Gasteiger charge is -2.26. The van der Waals surface area contributed by atoms with Crippen molar-refractivity contribution in [3.8, 4) is 23.1 Å². The first kappa shape index (κ1) is 23.6. The van der Waals surface area contributed by atoms with E-state index in [4.69, 9.17) is 18.9 Å². The lowest BCUT2D eigenvalue weighted by Crippen LogP contribution is -2.38. The van der Waals surface area contributed by atoms with Gasteiger partial charge in [-0.1, -0.05) is 15.9 Å². The van der Waals surface area contributed by atoms with Crippen molar-refractivity contribution in [3.63, 3.8) is 0 Å². The molecule has 2 N–H and O–H groups in total. The monoisotopic (exact) mass is 545 g/mol. The second-order valence-corrected chi connectivity index (χ2v) is 8.94. The number of methoxy groups -OCH3 is 1. The maximum atomic E-state index is 14.4. The molecule has 1 aromatic heterocycles. The van der Waals surface area contributed by atoms with Crippen LogP contribution in [-0.2, 0) is 11.3 Å². The molecule has 0 bridgehead atoms. The molecule has 1 saturated heterocycles. The molecule has 2 aromatic carbocycles. The van der Waals surface area contributed by atoms with E-state index in [2.05, 4.69) is 41.4 Å². The zero-order chi connectivity index (χ0) is 24.2. The van der Waals surface area contributed by atoms with Gasteiger partial charge in [0, 0.05) is 42.3 Å². The molecular weight excluding hydrogens is 521 g/mol. The molecule has 3 aromatic rings. The smallest absolute Gasteiger partial charge is 0.248 e. The van der Waals surface area contributed by atoms with Crippen LogP contribution in [-0.4, -0.2) is 61.4 Å². The number of hydrogen-bond acceptors (Lipinski definition) is 9. The van der Waals surface area contributed by atoms with E-state index >= 15 is 0 Å². The quantitative estimate of drug-likeness (QED) is 0.443. The van der Waals surface area contributed by atoms with Gasteiger partial charge in [0.15, 0.2) is 17.3 Å². The molecule has 2 aliphatic heterocycles. The van der Waals surface area contributed by atoms with Gasteiger partial charge in [0.2, 0.25) is 5.88 Å². The van der Waals surface area contributed by atoms with Gasteiger partial charge in [-0.25, -0.2) is 9.37 Å². The Morgan fingerprint density at radius 3 is 2.83 bits per heavy atom. The lowest BCUT2D eigenvalue weighted by atomic mass is 10.1. The van der Waals surface area contributed by atoms with Crippen LogP contribution in [0.1, 0.15) is 5.56 Å². The summed E-state index contributed by atoms with van der Waals surface area (Å²) in [6.07, 6.45) is 1.37. The number of halogens is 2. The second kappa shape index (κ2) is 10.6. The zero-order valence-electron chi connectivity index (χ0n) is 19.1. The number of morpholine rings is 1. The molecule has 184 valence electrons. The normalized spacial score (nSPS) is 15.2. The highest BCUT2D eigenvalue weighted by Crippen LogP contribution is 2.42. The molecular formula is C24H25BrFN5O4. The van der Waals surface area contributed by atoms with Crippen molar-refractivity contribution >= 4 is 33.1 Å². The SMILES string of the molecule is COc1cc2c(cc1OCCN1CCOCC1)CNc1c(Nc3ccc(Br)cc3F)ncnc1O2. The third-order valence-corrected chi connectivity index (χ3v) is 6.27. The molecule has 5 rings (SSSR count). The predicted molar refractivity (Wildman–Crippen MR) is 133 cm³/mol. The van der Waals surface area contributed by atoms with Crippen molar-refractivity contribution in [2.45, 2.75) is 6.54 Å². The Balaban J connectivity index is 1.34. The number of hydrogen-bond donors (Lipinski definition) is 2. The van der Waals surface area contributed by atoms with Crippen LogP contribution in [0.5, 0.6) is 23.1 Å². The van der Waals surface area contributed by atoms with Crippen molar-refractivity contribution in [1.29, 1.82) is 0 Å². The van der Waals surface area contributed by atoms with E-state index in [1.54, 1.807) is 25.3 Å². The minimum absolute atomic E-state index is 0.287. The largest absolute Gasteiger partial charge is 0.493 e. The number of benzene rings is 2. The number of ether oxygens (including phenoxy) is 4. The van der Waals surface area contributed by atoms with Crippen LogP contribution in [0.2, 0.25) is 0 Å². The van der Waals surface area contributed by atoms with Crippen LogP contribution in [0, 0.1) is 5.82 Å². The molecule has 35 heavy (non-hydrogen) atoms. The molecule has 2 aliphatic rings. The van der Waals surface area contributed by atoms with Gasteiger partial charge in [0.25, 0.3) is 0 Å². The summed E-state index contributed by atoms with van der Waals surface area (Å²) in [5.74, 6) is 2.11. The summed E-state index contributed by atoms with van der Waals surface area (Å²) < 4.78 is 38.2. The van der Waals surface area contributed by atoms with E-state index in [0.29, 0.717) is 52.3 Å². The summed E-state index contributed by atoms with van der Waals surface area (Å²) in [5.41, 5.74) is 1.68. The van der Waals surface area contributed by atoms with E-state index in [1.807, 2.05) is 6.07 Å². The number of rotatable bonds is 7. The van der Waals surface area contributed by atoms with Crippen molar-refractivity contribution in [2.75, 3.05) is 57.2 Å². The molecule has 0 unspecified atom stereocenters. The average Bonchev–Trinajstić information content (AvgIpc) is 3.05. The van der Waals surface area contributed by atoms with Gasteiger partial charge in [0.1, 0.15) is 30.2 Å². The lowest BCUT2D eigenvalue weighted by molar-refractivity contribution is 0.0321. The fraction of sp³-hybridized carbons (Fsp3) is 0.333. The standard InChI is InChI=1S/C24H25BrFN5O4/c1-32-20-12-19-15(10-21(20)34-9-6-31-4-7-33-8-5-31)13-27-22-23(28-14-29-24(22)35-19)30-18-3-2-16(25)11-17(18)26/h2-3,10-12,14,27H,4-9,13H2,1H3,(H,28,29,30). The molecule has 0 aliphatic carbocycles. The third kappa shape index (κ3) is 5.42. The Hall–Kier alpha value is -3.15. The Morgan fingerprint density at radius 2 is 2.03 bits per heavy atom. The van der Waals surface area contributed by atoms with Gasteiger partial charge in [-0.15, -0.1) is 0 Å². The first-order valence-electron chi connectivity index (χ1n) is 11.2. The third-order valence-electron chi connectivity index (χ3n) is 5.77. The summed E-state index contributed by atoms with van der Waals surface area (Å²) in [4.78, 5) is 10.9. The Morgan fingerprint density at radius 1 is 1.17 bits per heavy atom. The van der Waals surface area contributed by atoms with Gasteiger partial charge in [-0.05, 0) is 24.3 Å². The highest BCUT2D eigenvalue weighted by molar-refractivity contribution is 9.10. The Labute approximate surface area is 210 Å². The fourth-order valence-electron chi connectivity index (χ4n) is 3.91. The summed E-state index contributed by atoms with van der Waals surface area (Å²) in [5, 5.41) is 6.33. The van der Waals surface area contributed by atoms with Crippen LogP contribution >= 0.6 is 15.9 Å². The van der Waals surface area contributed by atoms with E-state index in [1.165, 1.54) is 12.4 Å². The maximum Gasteiger partial charge on any atom is 0.248 e. The first-order chi connectivity index (χ1) is 17.1. The molecule has 1 fully saturated rings. The average molecular weight is 546 g/mol. The zero-order valence-corrected chi connectivity index (χ0v) is 20.7. The predicted octanol–water partition coefficient (Wildman–Crippen LogP) is 4.56. The number of anilines is 3. The molecule has 3 heterocycles. The molecule has 9 nitrogen and oxygen atoms in total. The van der Waals surface area contributed by atoms with Crippen molar-refractivity contribution in [1.82, 2.24) is 14.9 Å². The van der Waals surface area contributed by atoms with E-state index in [-0.39, 0.29) is 5.69 Å². The van der Waals surface area contributed by atoms with Crippen molar-refractivity contribution < 1.29 is 23.3 Å². The fourth-order valence-corrected chi connectivity index (χ4v) is 4.24. The summed E-state index contributed by atoms with van der Waals surface area (Å²) in [6, 6.07) is 8.46. The van der Waals surface area contributed by atoms with E-state index < -0.39 is 5.82 Å². The minimum Gasteiger partial charge on any atom is -0.493 e. The van der Waals surface area contributed by atoms with Crippen LogP contribution in [0.3, 0.4) is 0 Å². The molecule has 11 heteroatoms. The molecule has 0 spiro atoms. The summed E-state index contributed by atoms with van der Waals surface area (Å²) >= 11 is 3.27. The second-order valence-electron chi connectivity index (χ2n) is 8.02. The van der Waals surface area contributed by atoms with Crippen LogP contribution in [0.15, 0.2) is 41.1 Å². The van der Waals surface area contributed by atoms with Gasteiger partial charge in [-0.3, -0.25) is 4.90 Å². The van der Waals surface area contributed by atoms with E-state index in [0.717, 1.165) is 38.4 Å². The Bertz CT molecular complexity index is 1210. The number of nitrogens with one attached hydrogen (secondary N) is 2. The van der Waals surface area contributed by atoms with E-state index in [9.17, 15) is 4.39 Å². The van der Waals surface area contributed by atoms with Gasteiger partial charge >= 0.3 is 0 Å². The summed E-state index contributed by atoms with van der Waals surface area (Å²) in [6.45, 7) is 5.07. The van der Waals surface area contributed by atoms with Crippen LogP contribution in [0.4, 0.5) is 21.6 Å². The minimum atomic E-state index is -0.409. The van der Waals surface area contributed by atoms with Crippen LogP contribution < -0.4 is 24.8 Å². The molecule has 0 atom stereocenters. The number of fused-ring (bicyclic) bond motifs is 2. The number of aromatic nitrogens is 2. The van der Waals surface area contributed by atoms with Crippen molar-refractivity contribution in [3.05, 3.63) is 52.5 Å². The van der Waals surface area contributed by atoms with Gasteiger partial charge in [0.05, 0.1) is 26.0 Å².